The van der Waals surface area contributed by atoms with Gasteiger partial charge in [-0.2, -0.15) is 0 Å². The Labute approximate surface area is 157 Å². The summed E-state index contributed by atoms with van der Waals surface area (Å²) in [5.74, 6) is 0.168. The number of hydrogen-bond donors (Lipinski definition) is 2. The van der Waals surface area contributed by atoms with E-state index < -0.39 is 0 Å². The molecule has 2 aliphatic heterocycles. The predicted molar refractivity (Wildman–Crippen MR) is 105 cm³/mol. The van der Waals surface area contributed by atoms with E-state index in [4.69, 9.17) is 0 Å². The Bertz CT molecular complexity index is 1070. The fourth-order valence-electron chi connectivity index (χ4n) is 4.34. The van der Waals surface area contributed by atoms with Gasteiger partial charge >= 0.3 is 0 Å². The van der Waals surface area contributed by atoms with E-state index in [0.717, 1.165) is 48.1 Å². The minimum atomic E-state index is -0.0377. The van der Waals surface area contributed by atoms with Crippen LogP contribution in [0.15, 0.2) is 42.6 Å². The highest BCUT2D eigenvalue weighted by atomic mass is 16.2. The van der Waals surface area contributed by atoms with E-state index in [2.05, 4.69) is 22.4 Å². The highest BCUT2D eigenvalue weighted by molar-refractivity contribution is 6.01. The first kappa shape index (κ1) is 16.1. The zero-order valence-electron chi connectivity index (χ0n) is 15.0. The molecule has 0 fully saturated rings. The van der Waals surface area contributed by atoms with E-state index in [9.17, 15) is 9.59 Å². The standard InChI is InChI=1S/C22H21N3O2/c26-20-6-5-14-11-17(12-15-8-10-25(20)21(14)15)22(27)23-9-7-16-13-24-19-4-2-1-3-18(16)19/h1-4,11-13,24H,5-10H2,(H,23,27). The topological polar surface area (TPSA) is 65.2 Å². The second kappa shape index (κ2) is 6.27. The number of anilines is 1. The minimum absolute atomic E-state index is 0.0377. The fraction of sp³-hybridized carbons (Fsp3) is 0.273. The molecule has 3 heterocycles. The highest BCUT2D eigenvalue weighted by Gasteiger charge is 2.31. The van der Waals surface area contributed by atoms with Gasteiger partial charge in [-0.15, -0.1) is 0 Å². The molecule has 2 amide bonds. The Hall–Kier alpha value is -3.08. The van der Waals surface area contributed by atoms with E-state index in [-0.39, 0.29) is 11.8 Å². The molecule has 0 saturated heterocycles. The zero-order chi connectivity index (χ0) is 18.4. The van der Waals surface area contributed by atoms with Gasteiger partial charge in [-0.3, -0.25) is 9.59 Å². The van der Waals surface area contributed by atoms with E-state index in [0.29, 0.717) is 18.5 Å². The summed E-state index contributed by atoms with van der Waals surface area (Å²) in [5.41, 5.74) is 6.36. The molecule has 1 aromatic heterocycles. The van der Waals surface area contributed by atoms with Crippen molar-refractivity contribution in [2.75, 3.05) is 18.0 Å². The van der Waals surface area contributed by atoms with Gasteiger partial charge < -0.3 is 15.2 Å². The first-order valence-corrected chi connectivity index (χ1v) is 9.50. The number of aromatic amines is 1. The van der Waals surface area contributed by atoms with Crippen LogP contribution in [0.1, 0.15) is 33.5 Å². The molecule has 2 aromatic carbocycles. The lowest BCUT2D eigenvalue weighted by Crippen LogP contribution is -2.33. The number of rotatable bonds is 4. The van der Waals surface area contributed by atoms with Crippen LogP contribution in [-0.4, -0.2) is 29.9 Å². The van der Waals surface area contributed by atoms with Crippen LogP contribution < -0.4 is 10.2 Å². The van der Waals surface area contributed by atoms with Gasteiger partial charge in [0.1, 0.15) is 0 Å². The summed E-state index contributed by atoms with van der Waals surface area (Å²) in [6.45, 7) is 1.34. The molecule has 136 valence electrons. The van der Waals surface area contributed by atoms with Crippen molar-refractivity contribution in [3.63, 3.8) is 0 Å². The van der Waals surface area contributed by atoms with E-state index >= 15 is 0 Å². The molecular weight excluding hydrogens is 338 g/mol. The maximum absolute atomic E-state index is 12.7. The van der Waals surface area contributed by atoms with Crippen molar-refractivity contribution in [2.45, 2.75) is 25.7 Å². The van der Waals surface area contributed by atoms with Crippen molar-refractivity contribution in [2.24, 2.45) is 0 Å². The first-order chi connectivity index (χ1) is 13.2. The summed E-state index contributed by atoms with van der Waals surface area (Å²) in [6, 6.07) is 12.1. The van der Waals surface area contributed by atoms with Crippen molar-refractivity contribution in [1.82, 2.24) is 10.3 Å². The van der Waals surface area contributed by atoms with Crippen LogP contribution in [0.4, 0.5) is 5.69 Å². The van der Waals surface area contributed by atoms with Gasteiger partial charge in [0.05, 0.1) is 5.69 Å². The highest BCUT2D eigenvalue weighted by Crippen LogP contribution is 2.37. The SMILES string of the molecule is O=C(NCCc1c[nH]c2ccccc12)c1cc2c3c(c1)CCN3C(=O)CC2. The van der Waals surface area contributed by atoms with Gasteiger partial charge in [0, 0.05) is 42.2 Å². The Balaban J connectivity index is 1.30. The molecule has 0 bridgehead atoms. The number of amides is 2. The van der Waals surface area contributed by atoms with Crippen molar-refractivity contribution >= 4 is 28.4 Å². The Morgan fingerprint density at radius 3 is 2.81 bits per heavy atom. The molecule has 0 aliphatic carbocycles. The van der Waals surface area contributed by atoms with Crippen LogP contribution >= 0.6 is 0 Å². The van der Waals surface area contributed by atoms with Gasteiger partial charge in [0.2, 0.25) is 5.91 Å². The molecule has 5 heteroatoms. The maximum atomic E-state index is 12.7. The number of H-pyrrole nitrogens is 1. The average Bonchev–Trinajstić information content (AvgIpc) is 3.30. The third-order valence-electron chi connectivity index (χ3n) is 5.67. The number of carbonyl (C=O) groups is 2. The van der Waals surface area contributed by atoms with Crippen LogP contribution in [0.2, 0.25) is 0 Å². The average molecular weight is 359 g/mol. The van der Waals surface area contributed by atoms with Crippen molar-refractivity contribution in [3.05, 3.63) is 64.8 Å². The third kappa shape index (κ3) is 2.70. The second-order valence-corrected chi connectivity index (χ2v) is 7.30. The molecule has 0 saturated carbocycles. The molecular formula is C22H21N3O2. The quantitative estimate of drug-likeness (QED) is 0.752. The Kier molecular flexibility index (Phi) is 3.74. The van der Waals surface area contributed by atoms with Gasteiger partial charge in [-0.05, 0) is 54.2 Å². The van der Waals surface area contributed by atoms with E-state index in [1.165, 1.54) is 10.9 Å². The number of nitrogens with one attached hydrogen (secondary N) is 2. The summed E-state index contributed by atoms with van der Waals surface area (Å²) in [6.07, 6.45) is 4.91. The molecule has 2 N–H and O–H groups in total. The molecule has 5 nitrogen and oxygen atoms in total. The monoisotopic (exact) mass is 359 g/mol. The number of nitrogens with zero attached hydrogens (tertiary/aromatic N) is 1. The summed E-state index contributed by atoms with van der Waals surface area (Å²) >= 11 is 0. The lowest BCUT2D eigenvalue weighted by molar-refractivity contribution is -0.118. The lowest BCUT2D eigenvalue weighted by atomic mass is 9.96. The van der Waals surface area contributed by atoms with Crippen LogP contribution in [0.25, 0.3) is 10.9 Å². The fourth-order valence-corrected chi connectivity index (χ4v) is 4.34. The van der Waals surface area contributed by atoms with Gasteiger partial charge in [0.15, 0.2) is 0 Å². The largest absolute Gasteiger partial charge is 0.361 e. The van der Waals surface area contributed by atoms with Gasteiger partial charge in [-0.25, -0.2) is 0 Å². The van der Waals surface area contributed by atoms with E-state index in [1.54, 1.807) is 0 Å². The Morgan fingerprint density at radius 1 is 1.11 bits per heavy atom. The molecule has 5 rings (SSSR count). The van der Waals surface area contributed by atoms with Crippen LogP contribution in [0, 0.1) is 0 Å². The minimum Gasteiger partial charge on any atom is -0.361 e. The lowest BCUT2D eigenvalue weighted by Gasteiger charge is -2.25. The van der Waals surface area contributed by atoms with Crippen molar-refractivity contribution in [3.8, 4) is 0 Å². The summed E-state index contributed by atoms with van der Waals surface area (Å²) < 4.78 is 0. The molecule has 0 radical (unpaired) electrons. The third-order valence-corrected chi connectivity index (χ3v) is 5.67. The summed E-state index contributed by atoms with van der Waals surface area (Å²) in [5, 5.41) is 4.26. The molecule has 3 aromatic rings. The van der Waals surface area contributed by atoms with Crippen LogP contribution in [-0.2, 0) is 24.1 Å². The summed E-state index contributed by atoms with van der Waals surface area (Å²) in [4.78, 5) is 29.9. The molecule has 0 spiro atoms. The number of para-hydroxylation sites is 1. The number of carbonyl (C=O) groups excluding carboxylic acids is 2. The van der Waals surface area contributed by atoms with Crippen LogP contribution in [0.5, 0.6) is 0 Å². The maximum Gasteiger partial charge on any atom is 0.251 e. The number of hydrogen-bond acceptors (Lipinski definition) is 2. The van der Waals surface area contributed by atoms with Crippen LogP contribution in [0.3, 0.4) is 0 Å². The number of aryl methyl sites for hydroxylation is 1. The van der Waals surface area contributed by atoms with Crippen molar-refractivity contribution < 1.29 is 9.59 Å². The second-order valence-electron chi connectivity index (χ2n) is 7.30. The van der Waals surface area contributed by atoms with E-state index in [1.807, 2.05) is 35.4 Å². The smallest absolute Gasteiger partial charge is 0.251 e. The van der Waals surface area contributed by atoms with Crippen molar-refractivity contribution in [1.29, 1.82) is 0 Å². The number of fused-ring (bicyclic) bond motifs is 1. The molecule has 2 aliphatic rings. The van der Waals surface area contributed by atoms with Gasteiger partial charge in [0.25, 0.3) is 5.91 Å². The van der Waals surface area contributed by atoms with Gasteiger partial charge in [-0.1, -0.05) is 18.2 Å². The molecule has 0 unspecified atom stereocenters. The number of benzene rings is 2. The Morgan fingerprint density at radius 2 is 1.93 bits per heavy atom. The zero-order valence-corrected chi connectivity index (χ0v) is 15.0. The first-order valence-electron chi connectivity index (χ1n) is 9.50. The predicted octanol–water partition coefficient (Wildman–Crippen LogP) is 2.98. The molecule has 0 atom stereocenters. The normalized spacial score (nSPS) is 15.3. The summed E-state index contributed by atoms with van der Waals surface area (Å²) in [7, 11) is 0. The number of aromatic nitrogens is 1. The molecule has 27 heavy (non-hydrogen) atoms.